The number of carbonyl (C=O) groups is 2. The lowest BCUT2D eigenvalue weighted by Gasteiger charge is -2.14. The molecular weight excluding hydrogens is 524 g/mol. The molecule has 3 N–H and O–H groups in total. The maximum absolute atomic E-state index is 13.6. The van der Waals surface area contributed by atoms with Gasteiger partial charge in [0.25, 0.3) is 5.91 Å². The number of nitrogens with one attached hydrogen (secondary N) is 1. The van der Waals surface area contributed by atoms with Crippen LogP contribution in [-0.2, 0) is 18.3 Å². The Bertz CT molecular complexity index is 2020. The number of aryl methyl sites for hydroxylation is 2. The minimum absolute atomic E-state index is 0.0573. The molecule has 5 rings (SSSR count). The summed E-state index contributed by atoms with van der Waals surface area (Å²) in [5.41, 5.74) is 8.24. The molecule has 0 aliphatic carbocycles. The van der Waals surface area contributed by atoms with Gasteiger partial charge >= 0.3 is 5.69 Å². The van der Waals surface area contributed by atoms with Crippen LogP contribution >= 0.6 is 0 Å². The third kappa shape index (κ3) is 5.09. The molecule has 0 aliphatic rings. The molecule has 12 heteroatoms. The number of ether oxygens (including phenoxy) is 1. The lowest BCUT2D eigenvalue weighted by molar-refractivity contribution is 0.0995. The Morgan fingerprint density at radius 3 is 2.66 bits per heavy atom. The Hall–Kier alpha value is -5.54. The van der Waals surface area contributed by atoms with Crippen LogP contribution in [0.4, 0.5) is 5.69 Å². The Balaban J connectivity index is 1.61. The van der Waals surface area contributed by atoms with E-state index in [1.54, 1.807) is 54.0 Å². The molecule has 3 heterocycles. The number of fused-ring (bicyclic) bond motifs is 1. The molecule has 2 amide bonds. The van der Waals surface area contributed by atoms with Crippen LogP contribution in [0.15, 0.2) is 65.5 Å². The van der Waals surface area contributed by atoms with Crippen LogP contribution in [0.2, 0.25) is 0 Å². The summed E-state index contributed by atoms with van der Waals surface area (Å²) in [5, 5.41) is 16.8. The maximum Gasteiger partial charge on any atom is 0.351 e. The fourth-order valence-electron chi connectivity index (χ4n) is 4.69. The molecule has 12 nitrogen and oxygen atoms in total. The number of rotatable bonds is 8. The number of nitriles is 1. The standard InChI is InChI=1S/C29H26N8O4/c1-17-13-20-15-23(18-7-9-22(10-8-18)37-24(16-30)34-35(2)29(37)40)36(11-12-41-3)26(20)25(32-17)28(39)33-21-6-4-5-19(14-21)27(31)38/h4-10,13-15H,11-12H2,1-3H3,(H2,31,38)(H,33,39)/i3D3. The zero-order valence-electron chi connectivity index (χ0n) is 25.1. The van der Waals surface area contributed by atoms with E-state index in [-0.39, 0.29) is 30.2 Å². The van der Waals surface area contributed by atoms with Gasteiger partial charge in [0.2, 0.25) is 11.7 Å². The van der Waals surface area contributed by atoms with Crippen LogP contribution < -0.4 is 16.7 Å². The van der Waals surface area contributed by atoms with Crippen molar-refractivity contribution in [3.05, 3.63) is 93.9 Å². The molecule has 0 saturated heterocycles. The number of anilines is 1. The highest BCUT2D eigenvalue weighted by atomic mass is 16.5. The van der Waals surface area contributed by atoms with Gasteiger partial charge in [0.15, 0.2) is 5.69 Å². The molecule has 206 valence electrons. The van der Waals surface area contributed by atoms with Gasteiger partial charge in [-0.15, -0.1) is 5.10 Å². The first-order valence-electron chi connectivity index (χ1n) is 13.9. The molecule has 5 aromatic rings. The first-order valence-corrected chi connectivity index (χ1v) is 12.4. The molecule has 0 bridgehead atoms. The van der Waals surface area contributed by atoms with Crippen molar-refractivity contribution in [2.75, 3.05) is 19.0 Å². The number of methoxy groups -OCH3 is 1. The molecule has 0 radical (unpaired) electrons. The predicted octanol–water partition coefficient (Wildman–Crippen LogP) is 2.77. The van der Waals surface area contributed by atoms with Gasteiger partial charge in [0.1, 0.15) is 6.07 Å². The van der Waals surface area contributed by atoms with E-state index < -0.39 is 24.5 Å². The van der Waals surface area contributed by atoms with Crippen molar-refractivity contribution in [1.29, 1.82) is 5.26 Å². The smallest absolute Gasteiger partial charge is 0.351 e. The third-order valence-electron chi connectivity index (χ3n) is 6.49. The lowest BCUT2D eigenvalue weighted by Crippen LogP contribution is -2.21. The number of pyridine rings is 1. The Morgan fingerprint density at radius 2 is 1.95 bits per heavy atom. The quantitative estimate of drug-likeness (QED) is 0.298. The van der Waals surface area contributed by atoms with Gasteiger partial charge in [-0.3, -0.25) is 9.59 Å². The van der Waals surface area contributed by atoms with Gasteiger partial charge < -0.3 is 20.4 Å². The number of hydrogen-bond donors (Lipinski definition) is 2. The van der Waals surface area contributed by atoms with E-state index in [0.29, 0.717) is 39.2 Å². The van der Waals surface area contributed by atoms with Crippen LogP contribution in [0.25, 0.3) is 27.8 Å². The fraction of sp³-hybridized carbons (Fsp3) is 0.172. The second kappa shape index (κ2) is 10.9. The highest BCUT2D eigenvalue weighted by molar-refractivity contribution is 6.11. The molecule has 0 aliphatic heterocycles. The van der Waals surface area contributed by atoms with Crippen molar-refractivity contribution in [2.45, 2.75) is 13.5 Å². The van der Waals surface area contributed by atoms with Crippen molar-refractivity contribution in [3.8, 4) is 23.0 Å². The molecule has 2 aromatic carbocycles. The number of aromatic nitrogens is 5. The average molecular weight is 554 g/mol. The lowest BCUT2D eigenvalue weighted by atomic mass is 10.1. The summed E-state index contributed by atoms with van der Waals surface area (Å²) in [6.07, 6.45) is 0. The van der Waals surface area contributed by atoms with Gasteiger partial charge in [-0.2, -0.15) is 5.26 Å². The van der Waals surface area contributed by atoms with Gasteiger partial charge in [-0.25, -0.2) is 19.0 Å². The van der Waals surface area contributed by atoms with E-state index >= 15 is 0 Å². The minimum atomic E-state index is -2.62. The third-order valence-corrected chi connectivity index (χ3v) is 6.49. The van der Waals surface area contributed by atoms with E-state index in [9.17, 15) is 19.6 Å². The number of carbonyl (C=O) groups excluding carboxylic acids is 2. The highest BCUT2D eigenvalue weighted by Crippen LogP contribution is 2.31. The Kier molecular flexibility index (Phi) is 6.22. The molecule has 0 atom stereocenters. The van der Waals surface area contributed by atoms with Crippen molar-refractivity contribution in [1.82, 2.24) is 23.9 Å². The highest BCUT2D eigenvalue weighted by Gasteiger charge is 2.21. The molecule has 41 heavy (non-hydrogen) atoms. The van der Waals surface area contributed by atoms with Crippen LogP contribution in [0, 0.1) is 18.3 Å². The molecule has 0 spiro atoms. The molecule has 0 fully saturated rings. The first-order chi connectivity index (χ1) is 20.9. The van der Waals surface area contributed by atoms with Gasteiger partial charge in [-0.05, 0) is 55.0 Å². The summed E-state index contributed by atoms with van der Waals surface area (Å²) < 4.78 is 31.4. The van der Waals surface area contributed by atoms with E-state index in [0.717, 1.165) is 4.68 Å². The summed E-state index contributed by atoms with van der Waals surface area (Å²) in [6, 6.07) is 18.5. The normalized spacial score (nSPS) is 12.4. The van der Waals surface area contributed by atoms with E-state index in [1.807, 2.05) is 12.1 Å². The molecule has 3 aromatic heterocycles. The number of primary amides is 1. The van der Waals surface area contributed by atoms with Crippen LogP contribution in [0.1, 0.15) is 36.5 Å². The Labute approximate surface area is 238 Å². The van der Waals surface area contributed by atoms with Crippen LogP contribution in [0.5, 0.6) is 0 Å². The Morgan fingerprint density at radius 1 is 1.17 bits per heavy atom. The van der Waals surface area contributed by atoms with Crippen molar-refractivity contribution in [2.24, 2.45) is 12.8 Å². The second-order valence-corrected chi connectivity index (χ2v) is 9.20. The van der Waals surface area contributed by atoms with E-state index in [2.05, 4.69) is 15.4 Å². The van der Waals surface area contributed by atoms with Crippen molar-refractivity contribution in [3.63, 3.8) is 0 Å². The summed E-state index contributed by atoms with van der Waals surface area (Å²) in [6.45, 7) is 1.60. The SMILES string of the molecule is [2H]C([2H])([2H])OCCn1c(-c2ccc(-n3c(C#N)nn(C)c3=O)cc2)cc2cc(C)nc(C(=O)Nc3cccc(C(N)=O)c3)c21. The summed E-state index contributed by atoms with van der Waals surface area (Å²) in [5.74, 6) is -1.27. The predicted molar refractivity (Wildman–Crippen MR) is 152 cm³/mol. The maximum atomic E-state index is 13.6. The first kappa shape index (κ1) is 23.4. The summed E-state index contributed by atoms with van der Waals surface area (Å²) in [7, 11) is -1.17. The van der Waals surface area contributed by atoms with Gasteiger partial charge in [0.05, 0.1) is 21.9 Å². The van der Waals surface area contributed by atoms with Gasteiger partial charge in [0, 0.05) is 48.7 Å². The van der Waals surface area contributed by atoms with Crippen molar-refractivity contribution < 1.29 is 18.4 Å². The topological polar surface area (TPSA) is 163 Å². The average Bonchev–Trinajstić information content (AvgIpc) is 3.48. The zero-order valence-corrected chi connectivity index (χ0v) is 22.1. The molecule has 0 saturated carbocycles. The van der Waals surface area contributed by atoms with Crippen molar-refractivity contribution >= 4 is 28.4 Å². The van der Waals surface area contributed by atoms with Crippen LogP contribution in [0.3, 0.4) is 0 Å². The minimum Gasteiger partial charge on any atom is -0.383 e. The van der Waals surface area contributed by atoms with Crippen LogP contribution in [-0.4, -0.2) is 49.4 Å². The number of nitrogens with zero attached hydrogens (tertiary/aromatic N) is 6. The molecular formula is C29H26N8O4. The largest absolute Gasteiger partial charge is 0.383 e. The van der Waals surface area contributed by atoms with Gasteiger partial charge in [-0.1, -0.05) is 18.2 Å². The van der Waals surface area contributed by atoms with E-state index in [4.69, 9.17) is 14.6 Å². The monoisotopic (exact) mass is 553 g/mol. The molecule has 0 unspecified atom stereocenters. The summed E-state index contributed by atoms with van der Waals surface area (Å²) >= 11 is 0. The number of benzene rings is 2. The number of hydrogen-bond acceptors (Lipinski definition) is 7. The second-order valence-electron chi connectivity index (χ2n) is 9.20. The van der Waals surface area contributed by atoms with E-state index in [1.165, 1.54) is 23.7 Å². The summed E-state index contributed by atoms with van der Waals surface area (Å²) in [4.78, 5) is 42.3. The number of nitrogens with two attached hydrogens (primary N) is 1. The zero-order chi connectivity index (χ0) is 31.8. The number of amides is 2. The fourth-order valence-corrected chi connectivity index (χ4v) is 4.69.